The van der Waals surface area contributed by atoms with Gasteiger partial charge in [-0.1, -0.05) is 18.2 Å². The van der Waals surface area contributed by atoms with Gasteiger partial charge in [-0.15, -0.1) is 0 Å². The lowest BCUT2D eigenvalue weighted by atomic mass is 10.1. The maximum Gasteiger partial charge on any atom is 0.252 e. The Kier molecular flexibility index (Phi) is 3.54. The van der Waals surface area contributed by atoms with Crippen molar-refractivity contribution in [2.45, 2.75) is 5.75 Å². The van der Waals surface area contributed by atoms with E-state index >= 15 is 0 Å². The number of nitrogens with one attached hydrogen (secondary N) is 1. The van der Waals surface area contributed by atoms with E-state index in [0.717, 1.165) is 17.0 Å². The van der Waals surface area contributed by atoms with Crippen LogP contribution in [0.2, 0.25) is 0 Å². The van der Waals surface area contributed by atoms with Crippen LogP contribution < -0.4 is 10.3 Å². The maximum atomic E-state index is 11.7. The molecule has 0 bridgehead atoms. The molecule has 1 aromatic carbocycles. The minimum Gasteiger partial charge on any atom is -0.497 e. The molecule has 1 heterocycles. The molecule has 0 radical (unpaired) electrons. The van der Waals surface area contributed by atoms with Gasteiger partial charge in [0.25, 0.3) is 5.56 Å². The summed E-state index contributed by atoms with van der Waals surface area (Å²) in [7, 11) is 1.62. The van der Waals surface area contributed by atoms with Crippen molar-refractivity contribution in [2.24, 2.45) is 0 Å². The molecule has 0 aliphatic heterocycles. The van der Waals surface area contributed by atoms with Crippen molar-refractivity contribution in [1.82, 2.24) is 4.98 Å². The first-order chi connectivity index (χ1) is 8.24. The van der Waals surface area contributed by atoms with Crippen molar-refractivity contribution in [3.05, 3.63) is 52.3 Å². The molecule has 4 heteroatoms. The third-order valence-electron chi connectivity index (χ3n) is 2.54. The Morgan fingerprint density at radius 2 is 2.12 bits per heavy atom. The highest BCUT2D eigenvalue weighted by molar-refractivity contribution is 7.79. The van der Waals surface area contributed by atoms with E-state index in [1.165, 1.54) is 0 Å². The van der Waals surface area contributed by atoms with E-state index in [9.17, 15) is 4.79 Å². The van der Waals surface area contributed by atoms with Gasteiger partial charge in [0.15, 0.2) is 0 Å². The summed E-state index contributed by atoms with van der Waals surface area (Å²) in [6, 6.07) is 11.2. The van der Waals surface area contributed by atoms with Crippen molar-refractivity contribution in [3.63, 3.8) is 0 Å². The molecule has 3 nitrogen and oxygen atoms in total. The van der Waals surface area contributed by atoms with Crippen LogP contribution in [0.3, 0.4) is 0 Å². The summed E-state index contributed by atoms with van der Waals surface area (Å²) < 4.78 is 5.15. The first kappa shape index (κ1) is 11.8. The van der Waals surface area contributed by atoms with E-state index in [1.54, 1.807) is 13.2 Å². The van der Waals surface area contributed by atoms with Crippen LogP contribution in [0.25, 0.3) is 11.3 Å². The van der Waals surface area contributed by atoms with Gasteiger partial charge in [-0.05, 0) is 18.2 Å². The Bertz CT molecular complexity index is 578. The van der Waals surface area contributed by atoms with Gasteiger partial charge in [-0.3, -0.25) is 4.79 Å². The second-order valence-electron chi connectivity index (χ2n) is 3.62. The number of thiol groups is 1. The highest BCUT2D eigenvalue weighted by atomic mass is 32.1. The maximum absolute atomic E-state index is 11.7. The SMILES string of the molecule is COc1cccc(-c2ccc(CS)c(=O)[nH]2)c1. The largest absolute Gasteiger partial charge is 0.497 e. The molecule has 0 atom stereocenters. The number of methoxy groups -OCH3 is 1. The van der Waals surface area contributed by atoms with Crippen molar-refractivity contribution < 1.29 is 4.74 Å². The smallest absolute Gasteiger partial charge is 0.252 e. The third-order valence-corrected chi connectivity index (χ3v) is 2.88. The van der Waals surface area contributed by atoms with E-state index in [4.69, 9.17) is 4.74 Å². The molecule has 17 heavy (non-hydrogen) atoms. The normalized spacial score (nSPS) is 10.2. The predicted octanol–water partition coefficient (Wildman–Crippen LogP) is 2.48. The lowest BCUT2D eigenvalue weighted by Gasteiger charge is -2.05. The molecule has 0 unspecified atom stereocenters. The Morgan fingerprint density at radius 3 is 2.76 bits per heavy atom. The minimum absolute atomic E-state index is 0.0969. The molecule has 1 aromatic heterocycles. The summed E-state index contributed by atoms with van der Waals surface area (Å²) >= 11 is 4.09. The zero-order valence-electron chi connectivity index (χ0n) is 9.43. The van der Waals surface area contributed by atoms with Crippen molar-refractivity contribution in [3.8, 4) is 17.0 Å². The Hall–Kier alpha value is -1.68. The highest BCUT2D eigenvalue weighted by Gasteiger charge is 2.03. The van der Waals surface area contributed by atoms with Crippen LogP contribution in [0.15, 0.2) is 41.2 Å². The van der Waals surface area contributed by atoms with Gasteiger partial charge in [0.1, 0.15) is 5.75 Å². The quantitative estimate of drug-likeness (QED) is 0.818. The molecule has 0 saturated heterocycles. The lowest BCUT2D eigenvalue weighted by molar-refractivity contribution is 0.415. The van der Waals surface area contributed by atoms with E-state index in [-0.39, 0.29) is 5.56 Å². The van der Waals surface area contributed by atoms with Crippen LogP contribution in [0.5, 0.6) is 5.75 Å². The van der Waals surface area contributed by atoms with Crippen molar-refractivity contribution in [1.29, 1.82) is 0 Å². The fourth-order valence-electron chi connectivity index (χ4n) is 1.59. The summed E-state index contributed by atoms with van der Waals surface area (Å²) in [5, 5.41) is 0. The standard InChI is InChI=1S/C13H13NO2S/c1-16-11-4-2-3-9(7-11)12-6-5-10(8-17)13(15)14-12/h2-7,17H,8H2,1H3,(H,14,15). The number of ether oxygens (including phenoxy) is 1. The summed E-state index contributed by atoms with van der Waals surface area (Å²) in [5.74, 6) is 1.20. The summed E-state index contributed by atoms with van der Waals surface area (Å²) in [6.45, 7) is 0. The van der Waals surface area contributed by atoms with Gasteiger partial charge in [0.2, 0.25) is 0 Å². The number of aromatic amines is 1. The van der Waals surface area contributed by atoms with Crippen LogP contribution in [-0.2, 0) is 5.75 Å². The zero-order chi connectivity index (χ0) is 12.3. The fourth-order valence-corrected chi connectivity index (χ4v) is 1.84. The van der Waals surface area contributed by atoms with Crippen LogP contribution >= 0.6 is 12.6 Å². The number of H-pyrrole nitrogens is 1. The molecule has 1 N–H and O–H groups in total. The molecule has 0 fully saturated rings. The Morgan fingerprint density at radius 1 is 1.29 bits per heavy atom. The highest BCUT2D eigenvalue weighted by Crippen LogP contribution is 2.21. The second-order valence-corrected chi connectivity index (χ2v) is 3.93. The summed E-state index contributed by atoms with van der Waals surface area (Å²) in [5.41, 5.74) is 2.27. The Balaban J connectivity index is 2.46. The van der Waals surface area contributed by atoms with Crippen LogP contribution in [0, 0.1) is 0 Å². The lowest BCUT2D eigenvalue weighted by Crippen LogP contribution is -2.11. The van der Waals surface area contributed by atoms with E-state index in [0.29, 0.717) is 11.3 Å². The number of pyridine rings is 1. The number of benzene rings is 1. The van der Waals surface area contributed by atoms with E-state index in [2.05, 4.69) is 17.6 Å². The number of hydrogen-bond acceptors (Lipinski definition) is 3. The first-order valence-corrected chi connectivity index (χ1v) is 5.85. The molecular formula is C13H13NO2S. The number of hydrogen-bond donors (Lipinski definition) is 2. The molecule has 0 saturated carbocycles. The molecule has 0 aliphatic rings. The minimum atomic E-state index is -0.0969. The fraction of sp³-hybridized carbons (Fsp3) is 0.154. The molecule has 0 aliphatic carbocycles. The Labute approximate surface area is 105 Å². The van der Waals surface area contributed by atoms with Crippen LogP contribution in [0.1, 0.15) is 5.56 Å². The van der Waals surface area contributed by atoms with Gasteiger partial charge in [-0.2, -0.15) is 12.6 Å². The summed E-state index contributed by atoms with van der Waals surface area (Å²) in [6.07, 6.45) is 0. The summed E-state index contributed by atoms with van der Waals surface area (Å²) in [4.78, 5) is 14.5. The van der Waals surface area contributed by atoms with E-state index < -0.39 is 0 Å². The first-order valence-electron chi connectivity index (χ1n) is 5.22. The number of aromatic nitrogens is 1. The van der Waals surface area contributed by atoms with Crippen molar-refractivity contribution in [2.75, 3.05) is 7.11 Å². The van der Waals surface area contributed by atoms with E-state index in [1.807, 2.05) is 30.3 Å². The second kappa shape index (κ2) is 5.10. The zero-order valence-corrected chi connectivity index (χ0v) is 10.3. The van der Waals surface area contributed by atoms with Gasteiger partial charge in [0.05, 0.1) is 7.11 Å². The average Bonchev–Trinajstić information content (AvgIpc) is 2.38. The van der Waals surface area contributed by atoms with Crippen molar-refractivity contribution >= 4 is 12.6 Å². The topological polar surface area (TPSA) is 42.1 Å². The molecule has 2 rings (SSSR count). The predicted molar refractivity (Wildman–Crippen MR) is 71.7 cm³/mol. The third kappa shape index (κ3) is 2.53. The van der Waals surface area contributed by atoms with Crippen LogP contribution in [0.4, 0.5) is 0 Å². The molecule has 0 spiro atoms. The monoisotopic (exact) mass is 247 g/mol. The van der Waals surface area contributed by atoms with Gasteiger partial charge in [0, 0.05) is 22.6 Å². The van der Waals surface area contributed by atoms with Gasteiger partial charge < -0.3 is 9.72 Å². The average molecular weight is 247 g/mol. The molecule has 88 valence electrons. The molecule has 2 aromatic rings. The van der Waals surface area contributed by atoms with Gasteiger partial charge in [-0.25, -0.2) is 0 Å². The molecule has 0 amide bonds. The van der Waals surface area contributed by atoms with Gasteiger partial charge >= 0.3 is 0 Å². The number of rotatable bonds is 3. The molecular weight excluding hydrogens is 234 g/mol. The van der Waals surface area contributed by atoms with Crippen LogP contribution in [-0.4, -0.2) is 12.1 Å².